The summed E-state index contributed by atoms with van der Waals surface area (Å²) in [6, 6.07) is -0.938. The predicted molar refractivity (Wildman–Crippen MR) is 272 cm³/mol. The topological polar surface area (TPSA) is 228 Å². The standard InChI is InChI=1S/C55H99NO13/c1-3-5-7-9-11-13-15-17-19-20-21-22-23-24-25-27-29-31-33-35-37-39-47(60)56-43(44(59)38-36-34-32-30-28-26-18-16-14-12-10-8-6-4-2)42-66-54-52(65)50(63)53(46(41-58)68-54)69-55-51(64)49(62)48(61)45(40-57)67-55/h14,16,20-21,28,30,36,38,43-46,48-55,57-59,61-65H,3-13,15,17-19,22-27,29,31-35,37,39-42H2,1-2H3,(H,56,60)/b16-14+,21-20-,30-28+,38-36+. The molecule has 402 valence electrons. The number of amides is 1. The molecule has 2 aliphatic rings. The molecule has 1 amide bonds. The molecule has 0 saturated carbocycles. The van der Waals surface area contributed by atoms with Crippen LogP contribution in [0.4, 0.5) is 0 Å². The molecule has 12 unspecified atom stereocenters. The van der Waals surface area contributed by atoms with E-state index in [4.69, 9.17) is 18.9 Å². The van der Waals surface area contributed by atoms with Gasteiger partial charge in [0.05, 0.1) is 32.0 Å². The van der Waals surface area contributed by atoms with E-state index in [0.717, 1.165) is 44.9 Å². The Balaban J connectivity index is 1.81. The van der Waals surface area contributed by atoms with E-state index in [1.165, 1.54) is 122 Å². The van der Waals surface area contributed by atoms with Crippen LogP contribution in [0.3, 0.4) is 0 Å². The van der Waals surface area contributed by atoms with Gasteiger partial charge in [0.1, 0.15) is 48.8 Å². The molecule has 2 heterocycles. The Labute approximate surface area is 416 Å². The van der Waals surface area contributed by atoms with Crippen molar-refractivity contribution >= 4 is 5.91 Å². The second-order valence-electron chi connectivity index (χ2n) is 19.3. The quantitative estimate of drug-likeness (QED) is 0.0209. The number of unbranched alkanes of at least 4 members (excludes halogenated alkanes) is 23. The zero-order chi connectivity index (χ0) is 50.3. The summed E-state index contributed by atoms with van der Waals surface area (Å²) in [6.45, 7) is 2.74. The van der Waals surface area contributed by atoms with E-state index in [1.54, 1.807) is 6.08 Å². The highest BCUT2D eigenvalue weighted by Crippen LogP contribution is 2.30. The summed E-state index contributed by atoms with van der Waals surface area (Å²) in [5.74, 6) is -0.257. The fraction of sp³-hybridized carbons (Fsp3) is 0.836. The Morgan fingerprint density at radius 2 is 0.928 bits per heavy atom. The summed E-state index contributed by atoms with van der Waals surface area (Å²) in [7, 11) is 0. The van der Waals surface area contributed by atoms with Crippen LogP contribution >= 0.6 is 0 Å². The number of nitrogens with one attached hydrogen (secondary N) is 1. The molecule has 69 heavy (non-hydrogen) atoms. The fourth-order valence-electron chi connectivity index (χ4n) is 8.73. The largest absolute Gasteiger partial charge is 0.394 e. The molecular weight excluding hydrogens is 883 g/mol. The molecule has 2 aliphatic heterocycles. The molecule has 0 aromatic carbocycles. The molecule has 0 radical (unpaired) electrons. The van der Waals surface area contributed by atoms with E-state index in [-0.39, 0.29) is 18.9 Å². The van der Waals surface area contributed by atoms with Crippen LogP contribution in [0.15, 0.2) is 48.6 Å². The number of hydrogen-bond acceptors (Lipinski definition) is 13. The molecule has 2 saturated heterocycles. The molecule has 0 aliphatic carbocycles. The second kappa shape index (κ2) is 41.4. The van der Waals surface area contributed by atoms with E-state index in [1.807, 2.05) is 6.08 Å². The van der Waals surface area contributed by atoms with Crippen molar-refractivity contribution in [1.29, 1.82) is 0 Å². The Morgan fingerprint density at radius 3 is 1.43 bits per heavy atom. The maximum Gasteiger partial charge on any atom is 0.220 e. The summed E-state index contributed by atoms with van der Waals surface area (Å²) in [5, 5.41) is 86.8. The normalized spacial score (nSPS) is 26.5. The highest BCUT2D eigenvalue weighted by Gasteiger charge is 2.51. The molecule has 12 atom stereocenters. The smallest absolute Gasteiger partial charge is 0.220 e. The minimum atomic E-state index is -1.79. The van der Waals surface area contributed by atoms with Gasteiger partial charge in [0, 0.05) is 6.42 Å². The van der Waals surface area contributed by atoms with Crippen molar-refractivity contribution in [3.05, 3.63) is 48.6 Å². The van der Waals surface area contributed by atoms with Crippen molar-refractivity contribution in [1.82, 2.24) is 5.32 Å². The van der Waals surface area contributed by atoms with Gasteiger partial charge in [-0.15, -0.1) is 0 Å². The van der Waals surface area contributed by atoms with E-state index in [0.29, 0.717) is 12.8 Å². The molecule has 9 N–H and O–H groups in total. The van der Waals surface area contributed by atoms with Gasteiger partial charge in [-0.05, 0) is 70.6 Å². The number of rotatable bonds is 42. The van der Waals surface area contributed by atoms with Gasteiger partial charge in [-0.3, -0.25) is 4.79 Å². The van der Waals surface area contributed by atoms with E-state index in [9.17, 15) is 45.6 Å². The SMILES string of the molecule is CCCCCC/C=C/CC/C=C/CC/C=C/C(O)C(COC1OC(CO)C(OC2OC(CO)C(O)C(O)C2O)C(O)C1O)NC(=O)CCCCCCCCCCC/C=C\CCCCCCCCCC. The van der Waals surface area contributed by atoms with Gasteiger partial charge < -0.3 is 65.1 Å². The van der Waals surface area contributed by atoms with Crippen LogP contribution in [-0.2, 0) is 23.7 Å². The summed E-state index contributed by atoms with van der Waals surface area (Å²) in [5.41, 5.74) is 0. The first-order chi connectivity index (χ1) is 33.6. The van der Waals surface area contributed by atoms with Gasteiger partial charge in [-0.25, -0.2) is 0 Å². The molecule has 14 heteroatoms. The van der Waals surface area contributed by atoms with Crippen LogP contribution in [0.2, 0.25) is 0 Å². The highest BCUT2D eigenvalue weighted by molar-refractivity contribution is 5.76. The molecule has 0 spiro atoms. The Bertz CT molecular complexity index is 1340. The molecule has 2 rings (SSSR count). The van der Waals surface area contributed by atoms with Crippen molar-refractivity contribution in [3.8, 4) is 0 Å². The Kier molecular flexibility index (Phi) is 37.9. The monoisotopic (exact) mass is 982 g/mol. The summed E-state index contributed by atoms with van der Waals surface area (Å²) in [6.07, 6.45) is 32.9. The lowest BCUT2D eigenvalue weighted by Gasteiger charge is -2.46. The first-order valence-corrected chi connectivity index (χ1v) is 27.4. The third-order valence-corrected chi connectivity index (χ3v) is 13.2. The molecule has 0 aromatic heterocycles. The van der Waals surface area contributed by atoms with Gasteiger partial charge in [0.25, 0.3) is 0 Å². The van der Waals surface area contributed by atoms with E-state index >= 15 is 0 Å². The van der Waals surface area contributed by atoms with E-state index < -0.39 is 86.8 Å². The summed E-state index contributed by atoms with van der Waals surface area (Å²) in [4.78, 5) is 13.2. The molecular formula is C55H99NO13. The molecule has 0 bridgehead atoms. The van der Waals surface area contributed by atoms with E-state index in [2.05, 4.69) is 55.6 Å². The van der Waals surface area contributed by atoms with Crippen LogP contribution in [0.25, 0.3) is 0 Å². The zero-order valence-electron chi connectivity index (χ0n) is 42.8. The number of aliphatic hydroxyl groups is 8. The number of ether oxygens (including phenoxy) is 4. The van der Waals surface area contributed by atoms with Gasteiger partial charge in [-0.1, -0.05) is 172 Å². The van der Waals surface area contributed by atoms with Crippen molar-refractivity contribution in [3.63, 3.8) is 0 Å². The lowest BCUT2D eigenvalue weighted by molar-refractivity contribution is -0.359. The number of carbonyl (C=O) groups is 1. The third kappa shape index (κ3) is 28.1. The third-order valence-electron chi connectivity index (χ3n) is 13.2. The summed E-state index contributed by atoms with van der Waals surface area (Å²) >= 11 is 0. The van der Waals surface area contributed by atoms with Crippen molar-refractivity contribution in [2.24, 2.45) is 0 Å². The van der Waals surface area contributed by atoms with Gasteiger partial charge >= 0.3 is 0 Å². The molecule has 0 aromatic rings. The molecule has 14 nitrogen and oxygen atoms in total. The van der Waals surface area contributed by atoms with Gasteiger partial charge in [0.2, 0.25) is 5.91 Å². The van der Waals surface area contributed by atoms with Gasteiger partial charge in [0.15, 0.2) is 12.6 Å². The van der Waals surface area contributed by atoms with Gasteiger partial charge in [-0.2, -0.15) is 0 Å². The number of hydrogen-bond donors (Lipinski definition) is 9. The first-order valence-electron chi connectivity index (χ1n) is 27.4. The fourth-order valence-corrected chi connectivity index (χ4v) is 8.73. The maximum atomic E-state index is 13.2. The predicted octanol–water partition coefficient (Wildman–Crippen LogP) is 8.05. The Morgan fingerprint density at radius 1 is 0.507 bits per heavy atom. The van der Waals surface area contributed by atoms with Crippen LogP contribution in [0.5, 0.6) is 0 Å². The minimum absolute atomic E-state index is 0.257. The highest BCUT2D eigenvalue weighted by atomic mass is 16.7. The van der Waals surface area contributed by atoms with Crippen molar-refractivity contribution in [2.75, 3.05) is 19.8 Å². The average molecular weight is 982 g/mol. The van der Waals surface area contributed by atoms with Crippen LogP contribution < -0.4 is 5.32 Å². The van der Waals surface area contributed by atoms with Crippen LogP contribution in [0.1, 0.15) is 200 Å². The lowest BCUT2D eigenvalue weighted by Crippen LogP contribution is -2.65. The summed E-state index contributed by atoms with van der Waals surface area (Å²) < 4.78 is 22.7. The number of carbonyl (C=O) groups excluding carboxylic acids is 1. The minimum Gasteiger partial charge on any atom is -0.394 e. The second-order valence-corrected chi connectivity index (χ2v) is 19.3. The van der Waals surface area contributed by atoms with Crippen LogP contribution in [0, 0.1) is 0 Å². The van der Waals surface area contributed by atoms with Crippen LogP contribution in [-0.4, -0.2) is 140 Å². The number of allylic oxidation sites excluding steroid dienone is 7. The van der Waals surface area contributed by atoms with Crippen molar-refractivity contribution in [2.45, 2.75) is 274 Å². The van der Waals surface area contributed by atoms with Crippen molar-refractivity contribution < 1.29 is 64.6 Å². The Hall–Kier alpha value is -2.05. The first kappa shape index (κ1) is 63.1. The maximum absolute atomic E-state index is 13.2. The lowest BCUT2D eigenvalue weighted by atomic mass is 9.97. The number of aliphatic hydroxyl groups excluding tert-OH is 8. The average Bonchev–Trinajstić information content (AvgIpc) is 3.35. The molecule has 2 fully saturated rings. The zero-order valence-corrected chi connectivity index (χ0v) is 42.8.